The van der Waals surface area contributed by atoms with Crippen molar-refractivity contribution in [1.29, 1.82) is 0 Å². The maximum atomic E-state index is 13.7. The van der Waals surface area contributed by atoms with Gasteiger partial charge in [0.15, 0.2) is 0 Å². The Kier molecular flexibility index (Phi) is 10.6. The van der Waals surface area contributed by atoms with Crippen LogP contribution in [0.4, 0.5) is 35.9 Å². The van der Waals surface area contributed by atoms with Gasteiger partial charge in [0, 0.05) is 37.8 Å². The van der Waals surface area contributed by atoms with E-state index in [1.807, 2.05) is 35.2 Å². The third-order valence-electron chi connectivity index (χ3n) is 7.88. The number of hydrogen-bond acceptors (Lipinski definition) is 6. The fraction of sp³-hybridized carbons (Fsp3) is 0.531. The summed E-state index contributed by atoms with van der Waals surface area (Å²) in [5.74, 6) is -1.31. The molecule has 8 nitrogen and oxygen atoms in total. The number of likely N-dealkylation sites (tertiary alicyclic amines) is 2. The molecule has 0 saturated carbocycles. The number of nitrogens with zero attached hydrogens (tertiary/aromatic N) is 3. The van der Waals surface area contributed by atoms with Gasteiger partial charge < -0.3 is 14.4 Å². The van der Waals surface area contributed by atoms with Crippen LogP contribution in [0.15, 0.2) is 48.5 Å². The van der Waals surface area contributed by atoms with Crippen molar-refractivity contribution in [3.63, 3.8) is 0 Å². The Morgan fingerprint density at radius 2 is 1.48 bits per heavy atom. The highest BCUT2D eigenvalue weighted by molar-refractivity contribution is 6.03. The van der Waals surface area contributed by atoms with E-state index >= 15 is 0 Å². The van der Waals surface area contributed by atoms with E-state index in [1.165, 1.54) is 20.8 Å². The summed E-state index contributed by atoms with van der Waals surface area (Å²) < 4.78 is 92.1. The molecule has 46 heavy (non-hydrogen) atoms. The molecule has 1 unspecified atom stereocenters. The van der Waals surface area contributed by atoms with Gasteiger partial charge in [-0.05, 0) is 70.2 Å². The molecule has 0 aliphatic carbocycles. The zero-order chi connectivity index (χ0) is 33.9. The number of hydrogen-bond donors (Lipinski definition) is 0. The molecule has 2 atom stereocenters. The van der Waals surface area contributed by atoms with Crippen LogP contribution in [-0.4, -0.2) is 76.7 Å². The lowest BCUT2D eigenvalue weighted by Gasteiger charge is -2.32. The van der Waals surface area contributed by atoms with Gasteiger partial charge in [0.25, 0.3) is 5.91 Å². The highest BCUT2D eigenvalue weighted by Gasteiger charge is 2.42. The first-order valence-electron chi connectivity index (χ1n) is 15.0. The zero-order valence-corrected chi connectivity index (χ0v) is 25.8. The molecule has 0 aromatic heterocycles. The van der Waals surface area contributed by atoms with Crippen molar-refractivity contribution in [1.82, 2.24) is 14.7 Å². The maximum Gasteiger partial charge on any atom is 0.417 e. The molecule has 2 aliphatic rings. The largest absolute Gasteiger partial charge is 0.445 e. The van der Waals surface area contributed by atoms with Gasteiger partial charge in [-0.3, -0.25) is 9.69 Å². The summed E-state index contributed by atoms with van der Waals surface area (Å²) in [7, 11) is 0. The van der Waals surface area contributed by atoms with Gasteiger partial charge in [-0.1, -0.05) is 30.3 Å². The van der Waals surface area contributed by atoms with Crippen molar-refractivity contribution in [2.24, 2.45) is 0 Å². The zero-order valence-electron chi connectivity index (χ0n) is 25.8. The monoisotopic (exact) mass is 657 g/mol. The number of carbonyl (C=O) groups is 3. The molecule has 0 radical (unpaired) electrons. The van der Waals surface area contributed by atoms with E-state index in [0.717, 1.165) is 5.56 Å². The van der Waals surface area contributed by atoms with Crippen molar-refractivity contribution < 1.29 is 50.2 Å². The standard InChI is InChI=1S/C32H37F6N3O5/c1-30(2,3)46-29(44)41(27(42)22-16-23(31(33,34)35)18-24(17-22)32(36,37)38)26-12-15-40(19-26)25-10-7-13-39(14-11-25)28(43)45-20-21-8-5-4-6-9-21/h4-6,8-9,16-18,25-26H,7,10-15,19-20H2,1-3H3/t25-,26?/m1/s1. The number of carbonyl (C=O) groups excluding carboxylic acids is 3. The van der Waals surface area contributed by atoms with E-state index in [2.05, 4.69) is 0 Å². The second kappa shape index (κ2) is 13.9. The van der Waals surface area contributed by atoms with E-state index in [0.29, 0.717) is 55.9 Å². The van der Waals surface area contributed by atoms with Crippen molar-refractivity contribution in [3.05, 3.63) is 70.8 Å². The van der Waals surface area contributed by atoms with Crippen LogP contribution in [0.1, 0.15) is 73.5 Å². The van der Waals surface area contributed by atoms with E-state index in [9.17, 15) is 40.7 Å². The molecule has 252 valence electrons. The van der Waals surface area contributed by atoms with Gasteiger partial charge >= 0.3 is 24.5 Å². The van der Waals surface area contributed by atoms with Gasteiger partial charge in [-0.15, -0.1) is 0 Å². The predicted molar refractivity (Wildman–Crippen MR) is 155 cm³/mol. The number of amides is 3. The Balaban J connectivity index is 1.50. The number of alkyl halides is 6. The summed E-state index contributed by atoms with van der Waals surface area (Å²) in [5, 5.41) is 0. The van der Waals surface area contributed by atoms with Crippen molar-refractivity contribution >= 4 is 18.1 Å². The lowest BCUT2D eigenvalue weighted by molar-refractivity contribution is -0.143. The summed E-state index contributed by atoms with van der Waals surface area (Å²) in [5.41, 5.74) is -4.49. The van der Waals surface area contributed by atoms with Crippen LogP contribution in [0.2, 0.25) is 0 Å². The van der Waals surface area contributed by atoms with E-state index < -0.39 is 58.8 Å². The van der Waals surface area contributed by atoms with Crippen LogP contribution < -0.4 is 0 Å². The number of rotatable bonds is 5. The smallest absolute Gasteiger partial charge is 0.417 e. The molecule has 3 amide bonds. The van der Waals surface area contributed by atoms with Gasteiger partial charge in [0.1, 0.15) is 12.2 Å². The van der Waals surface area contributed by atoms with Gasteiger partial charge in [-0.2, -0.15) is 26.3 Å². The van der Waals surface area contributed by atoms with Gasteiger partial charge in [0.05, 0.1) is 17.2 Å². The van der Waals surface area contributed by atoms with E-state index in [-0.39, 0.29) is 31.7 Å². The Morgan fingerprint density at radius 1 is 0.848 bits per heavy atom. The average Bonchev–Trinajstić information content (AvgIpc) is 3.30. The van der Waals surface area contributed by atoms with Crippen LogP contribution in [-0.2, 0) is 28.4 Å². The number of imide groups is 1. The Morgan fingerprint density at radius 3 is 2.07 bits per heavy atom. The minimum atomic E-state index is -5.17. The first kappa shape index (κ1) is 35.1. The van der Waals surface area contributed by atoms with E-state index in [1.54, 1.807) is 4.90 Å². The summed E-state index contributed by atoms with van der Waals surface area (Å²) in [6.45, 7) is 6.15. The molecule has 4 rings (SSSR count). The first-order chi connectivity index (χ1) is 21.4. The molecular formula is C32H37F6N3O5. The molecule has 2 fully saturated rings. The highest BCUT2D eigenvalue weighted by Crippen LogP contribution is 2.37. The van der Waals surface area contributed by atoms with Crippen LogP contribution in [0.3, 0.4) is 0 Å². The Hall–Kier alpha value is -3.81. The van der Waals surface area contributed by atoms with E-state index in [4.69, 9.17) is 9.47 Å². The second-order valence-corrected chi connectivity index (χ2v) is 12.5. The van der Waals surface area contributed by atoms with Crippen molar-refractivity contribution in [3.8, 4) is 0 Å². The topological polar surface area (TPSA) is 79.4 Å². The summed E-state index contributed by atoms with van der Waals surface area (Å²) in [6.07, 6.45) is -9.79. The SMILES string of the molecule is CC(C)(C)OC(=O)N(C(=O)c1cc(C(F)(F)F)cc(C(F)(F)F)c1)C1CCN([C@@H]2CCCN(C(=O)OCc3ccccc3)CC2)C1. The molecular weight excluding hydrogens is 620 g/mol. The van der Waals surface area contributed by atoms with Crippen molar-refractivity contribution in [2.75, 3.05) is 26.2 Å². The first-order valence-corrected chi connectivity index (χ1v) is 15.0. The fourth-order valence-electron chi connectivity index (χ4n) is 5.67. The third-order valence-corrected chi connectivity index (χ3v) is 7.88. The summed E-state index contributed by atoms with van der Waals surface area (Å²) in [6, 6.07) is 8.90. The predicted octanol–water partition coefficient (Wildman–Crippen LogP) is 7.37. The second-order valence-electron chi connectivity index (χ2n) is 12.5. The molecule has 0 bridgehead atoms. The van der Waals surface area contributed by atoms with Crippen LogP contribution in [0.5, 0.6) is 0 Å². The summed E-state index contributed by atoms with van der Waals surface area (Å²) in [4.78, 5) is 44.0. The average molecular weight is 658 g/mol. The molecule has 2 aliphatic heterocycles. The molecule has 14 heteroatoms. The maximum absolute atomic E-state index is 13.7. The molecule has 2 saturated heterocycles. The normalized spacial score (nSPS) is 19.8. The lowest BCUT2D eigenvalue weighted by atomic mass is 10.0. The number of ether oxygens (including phenoxy) is 2. The minimum Gasteiger partial charge on any atom is -0.445 e. The van der Waals surface area contributed by atoms with Gasteiger partial charge in [0.2, 0.25) is 0 Å². The molecule has 2 heterocycles. The summed E-state index contributed by atoms with van der Waals surface area (Å²) >= 11 is 0. The molecule has 0 spiro atoms. The molecule has 2 aromatic carbocycles. The number of halogens is 6. The lowest BCUT2D eigenvalue weighted by Crippen LogP contribution is -2.49. The van der Waals surface area contributed by atoms with Crippen LogP contribution >= 0.6 is 0 Å². The quantitative estimate of drug-likeness (QED) is 0.313. The third kappa shape index (κ3) is 9.14. The number of benzene rings is 2. The van der Waals surface area contributed by atoms with Gasteiger partial charge in [-0.25, -0.2) is 14.5 Å². The van der Waals surface area contributed by atoms with Crippen LogP contribution in [0.25, 0.3) is 0 Å². The fourth-order valence-corrected chi connectivity index (χ4v) is 5.67. The van der Waals surface area contributed by atoms with Crippen molar-refractivity contribution in [2.45, 2.75) is 83.1 Å². The molecule has 0 N–H and O–H groups in total. The molecule has 2 aromatic rings. The van der Waals surface area contributed by atoms with Crippen LogP contribution in [0, 0.1) is 0 Å². The highest BCUT2D eigenvalue weighted by atomic mass is 19.4. The Bertz CT molecular complexity index is 1360. The minimum absolute atomic E-state index is 0.0436. The Labute approximate surface area is 263 Å².